The van der Waals surface area contributed by atoms with Crippen LogP contribution < -0.4 is 5.32 Å². The molecule has 1 heterocycles. The zero-order chi connectivity index (χ0) is 14.3. The molecular weight excluding hydrogens is 242 g/mol. The minimum Gasteiger partial charge on any atom is -0.481 e. The van der Waals surface area contributed by atoms with Crippen LogP contribution in [-0.4, -0.2) is 33.2 Å². The molecule has 2 N–H and O–H groups in total. The molecule has 0 fully saturated rings. The number of nitrogens with zero attached hydrogens (tertiary/aromatic N) is 2. The van der Waals surface area contributed by atoms with E-state index in [1.807, 2.05) is 19.3 Å². The van der Waals surface area contributed by atoms with Gasteiger partial charge in [0.15, 0.2) is 0 Å². The van der Waals surface area contributed by atoms with Gasteiger partial charge in [-0.2, -0.15) is 0 Å². The van der Waals surface area contributed by atoms with Gasteiger partial charge in [0.2, 0.25) is 0 Å². The molecule has 19 heavy (non-hydrogen) atoms. The van der Waals surface area contributed by atoms with E-state index in [1.54, 1.807) is 6.92 Å². The standard InChI is InChI=1S/C14H25N3O2/c1-11(14(18)19)5-4-6-12(2)15-7-9-17-10-8-16-13(17)3/h8,10-12,15H,4-7,9H2,1-3H3,(H,18,19). The van der Waals surface area contributed by atoms with Crippen LogP contribution in [0.5, 0.6) is 0 Å². The third kappa shape index (κ3) is 5.87. The quantitative estimate of drug-likeness (QED) is 0.718. The largest absolute Gasteiger partial charge is 0.481 e. The van der Waals surface area contributed by atoms with Crippen molar-refractivity contribution in [2.45, 2.75) is 52.6 Å². The minimum absolute atomic E-state index is 0.235. The Labute approximate surface area is 115 Å². The van der Waals surface area contributed by atoms with Crippen LogP contribution in [0, 0.1) is 12.8 Å². The van der Waals surface area contributed by atoms with Crippen LogP contribution in [0.1, 0.15) is 38.9 Å². The van der Waals surface area contributed by atoms with Crippen LogP contribution >= 0.6 is 0 Å². The van der Waals surface area contributed by atoms with Crippen LogP contribution in [0.2, 0.25) is 0 Å². The van der Waals surface area contributed by atoms with Crippen molar-refractivity contribution in [2.75, 3.05) is 6.54 Å². The number of carbonyl (C=O) groups is 1. The normalized spacial score (nSPS) is 14.3. The lowest BCUT2D eigenvalue weighted by atomic mass is 10.0. The first-order valence-electron chi connectivity index (χ1n) is 6.94. The maximum absolute atomic E-state index is 10.7. The van der Waals surface area contributed by atoms with E-state index >= 15 is 0 Å². The lowest BCUT2D eigenvalue weighted by molar-refractivity contribution is -0.141. The number of carboxylic acid groups (broad SMARTS) is 1. The van der Waals surface area contributed by atoms with Crippen molar-refractivity contribution in [3.05, 3.63) is 18.2 Å². The Balaban J connectivity index is 2.10. The topological polar surface area (TPSA) is 67.2 Å². The van der Waals surface area contributed by atoms with Gasteiger partial charge in [-0.25, -0.2) is 4.98 Å². The zero-order valence-corrected chi connectivity index (χ0v) is 12.1. The maximum Gasteiger partial charge on any atom is 0.306 e. The number of hydrogen-bond donors (Lipinski definition) is 2. The van der Waals surface area contributed by atoms with E-state index in [0.29, 0.717) is 6.04 Å². The van der Waals surface area contributed by atoms with Crippen molar-refractivity contribution < 1.29 is 9.90 Å². The molecule has 0 amide bonds. The number of imidazole rings is 1. The summed E-state index contributed by atoms with van der Waals surface area (Å²) in [4.78, 5) is 14.9. The Hall–Kier alpha value is -1.36. The zero-order valence-electron chi connectivity index (χ0n) is 12.1. The second-order valence-electron chi connectivity index (χ2n) is 5.19. The highest BCUT2D eigenvalue weighted by molar-refractivity contribution is 5.69. The molecule has 0 saturated heterocycles. The Morgan fingerprint density at radius 2 is 2.21 bits per heavy atom. The SMILES string of the molecule is Cc1nccn1CCNC(C)CCCC(C)C(=O)O. The van der Waals surface area contributed by atoms with Gasteiger partial charge in [-0.1, -0.05) is 13.3 Å². The lowest BCUT2D eigenvalue weighted by Gasteiger charge is -2.15. The monoisotopic (exact) mass is 267 g/mol. The first kappa shape index (κ1) is 15.7. The fourth-order valence-corrected chi connectivity index (χ4v) is 2.03. The number of rotatable bonds is 9. The van der Waals surface area contributed by atoms with E-state index in [4.69, 9.17) is 5.11 Å². The van der Waals surface area contributed by atoms with Crippen LogP contribution in [0.3, 0.4) is 0 Å². The summed E-state index contributed by atoms with van der Waals surface area (Å²) in [6.07, 6.45) is 6.51. The molecule has 1 rings (SSSR count). The third-order valence-corrected chi connectivity index (χ3v) is 3.46. The van der Waals surface area contributed by atoms with Crippen LogP contribution in [-0.2, 0) is 11.3 Å². The van der Waals surface area contributed by atoms with E-state index in [-0.39, 0.29) is 5.92 Å². The van der Waals surface area contributed by atoms with Crippen molar-refractivity contribution in [2.24, 2.45) is 5.92 Å². The fraction of sp³-hybridized carbons (Fsp3) is 0.714. The predicted octanol–water partition coefficient (Wildman–Crippen LogP) is 2.06. The molecule has 1 aromatic rings. The average molecular weight is 267 g/mol. The van der Waals surface area contributed by atoms with Crippen LogP contribution in [0.25, 0.3) is 0 Å². The molecule has 0 spiro atoms. The van der Waals surface area contributed by atoms with Gasteiger partial charge < -0.3 is 15.0 Å². The van der Waals surface area contributed by atoms with Crippen LogP contribution in [0.4, 0.5) is 0 Å². The molecule has 0 aliphatic carbocycles. The summed E-state index contributed by atoms with van der Waals surface area (Å²) in [5.74, 6) is 0.0988. The lowest BCUT2D eigenvalue weighted by Crippen LogP contribution is -2.29. The van der Waals surface area contributed by atoms with Crippen molar-refractivity contribution in [3.8, 4) is 0 Å². The average Bonchev–Trinajstić information content (AvgIpc) is 2.75. The highest BCUT2D eigenvalue weighted by Gasteiger charge is 2.11. The molecule has 5 heteroatoms. The summed E-state index contributed by atoms with van der Waals surface area (Å²) in [5.41, 5.74) is 0. The maximum atomic E-state index is 10.7. The molecule has 0 radical (unpaired) electrons. The van der Waals surface area contributed by atoms with E-state index in [2.05, 4.69) is 21.8 Å². The first-order chi connectivity index (χ1) is 9.00. The molecule has 2 atom stereocenters. The summed E-state index contributed by atoms with van der Waals surface area (Å²) < 4.78 is 2.12. The number of aryl methyl sites for hydroxylation is 1. The van der Waals surface area contributed by atoms with E-state index < -0.39 is 5.97 Å². The number of nitrogens with one attached hydrogen (secondary N) is 1. The Kier molecular flexibility index (Phi) is 6.56. The Morgan fingerprint density at radius 3 is 2.79 bits per heavy atom. The van der Waals surface area contributed by atoms with E-state index in [0.717, 1.165) is 38.2 Å². The first-order valence-corrected chi connectivity index (χ1v) is 6.94. The summed E-state index contributed by atoms with van der Waals surface area (Å²) in [7, 11) is 0. The number of aliphatic carboxylic acids is 1. The van der Waals surface area contributed by atoms with E-state index in [9.17, 15) is 4.79 Å². The van der Waals surface area contributed by atoms with Gasteiger partial charge in [-0.05, 0) is 26.7 Å². The van der Waals surface area contributed by atoms with Crippen molar-refractivity contribution in [3.63, 3.8) is 0 Å². The van der Waals surface area contributed by atoms with Gasteiger partial charge in [0, 0.05) is 31.5 Å². The molecule has 0 bridgehead atoms. The molecular formula is C14H25N3O2. The smallest absolute Gasteiger partial charge is 0.306 e. The number of carboxylic acids is 1. The van der Waals surface area contributed by atoms with Gasteiger partial charge in [-0.3, -0.25) is 4.79 Å². The number of hydrogen-bond acceptors (Lipinski definition) is 3. The van der Waals surface area contributed by atoms with Gasteiger partial charge in [0.25, 0.3) is 0 Å². The predicted molar refractivity (Wildman–Crippen MR) is 75.1 cm³/mol. The third-order valence-electron chi connectivity index (χ3n) is 3.46. The summed E-state index contributed by atoms with van der Waals surface area (Å²) in [5, 5.41) is 12.3. The van der Waals surface area contributed by atoms with Gasteiger partial charge in [0.05, 0.1) is 5.92 Å². The fourth-order valence-electron chi connectivity index (χ4n) is 2.03. The molecule has 5 nitrogen and oxygen atoms in total. The number of aromatic nitrogens is 2. The Bertz CT molecular complexity index is 390. The van der Waals surface area contributed by atoms with Crippen molar-refractivity contribution in [1.82, 2.24) is 14.9 Å². The molecule has 0 saturated carbocycles. The minimum atomic E-state index is -0.698. The second-order valence-corrected chi connectivity index (χ2v) is 5.19. The molecule has 0 aromatic carbocycles. The van der Waals surface area contributed by atoms with Gasteiger partial charge in [0.1, 0.15) is 5.82 Å². The Morgan fingerprint density at radius 1 is 1.47 bits per heavy atom. The van der Waals surface area contributed by atoms with E-state index in [1.165, 1.54) is 0 Å². The molecule has 1 aromatic heterocycles. The summed E-state index contributed by atoms with van der Waals surface area (Å²) in [6.45, 7) is 7.74. The molecule has 2 unspecified atom stereocenters. The summed E-state index contributed by atoms with van der Waals surface area (Å²) in [6, 6.07) is 0.421. The van der Waals surface area contributed by atoms with Crippen LogP contribution in [0.15, 0.2) is 12.4 Å². The van der Waals surface area contributed by atoms with Crippen molar-refractivity contribution in [1.29, 1.82) is 0 Å². The molecule has 108 valence electrons. The molecule has 0 aliphatic heterocycles. The second kappa shape index (κ2) is 7.94. The van der Waals surface area contributed by atoms with Gasteiger partial charge >= 0.3 is 5.97 Å². The summed E-state index contributed by atoms with van der Waals surface area (Å²) >= 11 is 0. The van der Waals surface area contributed by atoms with Crippen molar-refractivity contribution >= 4 is 5.97 Å². The highest BCUT2D eigenvalue weighted by atomic mass is 16.4. The molecule has 0 aliphatic rings. The highest BCUT2D eigenvalue weighted by Crippen LogP contribution is 2.09. The van der Waals surface area contributed by atoms with Gasteiger partial charge in [-0.15, -0.1) is 0 Å².